The van der Waals surface area contributed by atoms with Gasteiger partial charge >= 0.3 is 5.97 Å². The summed E-state index contributed by atoms with van der Waals surface area (Å²) in [5.41, 5.74) is 1.01. The van der Waals surface area contributed by atoms with Gasteiger partial charge in [-0.15, -0.1) is 0 Å². The van der Waals surface area contributed by atoms with Gasteiger partial charge in [-0.2, -0.15) is 0 Å². The van der Waals surface area contributed by atoms with Gasteiger partial charge in [0.25, 0.3) is 0 Å². The molecule has 0 fully saturated rings. The highest BCUT2D eigenvalue weighted by atomic mass is 16.4. The number of aliphatic hydroxyl groups excluding tert-OH is 1. The summed E-state index contributed by atoms with van der Waals surface area (Å²) in [4.78, 5) is 21.8. The van der Waals surface area contributed by atoms with Gasteiger partial charge in [0.1, 0.15) is 0 Å². The van der Waals surface area contributed by atoms with E-state index in [1.807, 2.05) is 0 Å². The van der Waals surface area contributed by atoms with E-state index in [4.69, 9.17) is 10.2 Å². The first kappa shape index (κ1) is 12.2. The number of carboxylic acids is 1. The van der Waals surface area contributed by atoms with E-state index in [1.54, 1.807) is 6.07 Å². The number of nitrogens with one attached hydrogen (secondary N) is 1. The summed E-state index contributed by atoms with van der Waals surface area (Å²) in [6.45, 7) is 1.27. The number of aromatic carboxylic acids is 1. The van der Waals surface area contributed by atoms with Crippen LogP contribution in [0.3, 0.4) is 0 Å². The maximum Gasteiger partial charge on any atom is 0.337 e. The molecule has 1 amide bonds. The Bertz CT molecular complexity index is 414. The first-order valence-corrected chi connectivity index (χ1v) is 4.79. The SMILES string of the molecule is CC(=O)Nc1ccc(CCO)cc1C(=O)O. The van der Waals surface area contributed by atoms with Crippen LogP contribution in [0, 0.1) is 0 Å². The molecule has 3 N–H and O–H groups in total. The predicted molar refractivity (Wildman–Crippen MR) is 58.5 cm³/mol. The molecule has 0 radical (unpaired) electrons. The standard InChI is InChI=1S/C11H13NO4/c1-7(14)12-10-3-2-8(4-5-13)6-9(10)11(15)16/h2-3,6,13H,4-5H2,1H3,(H,12,14)(H,15,16). The van der Waals surface area contributed by atoms with E-state index in [1.165, 1.54) is 19.1 Å². The van der Waals surface area contributed by atoms with E-state index < -0.39 is 5.97 Å². The summed E-state index contributed by atoms with van der Waals surface area (Å²) in [7, 11) is 0. The third kappa shape index (κ3) is 3.06. The van der Waals surface area contributed by atoms with Crippen molar-refractivity contribution in [1.82, 2.24) is 0 Å². The smallest absolute Gasteiger partial charge is 0.337 e. The molecule has 0 aliphatic rings. The molecule has 0 aliphatic heterocycles. The summed E-state index contributed by atoms with van der Waals surface area (Å²) in [5.74, 6) is -1.43. The van der Waals surface area contributed by atoms with Gasteiger partial charge in [0.2, 0.25) is 5.91 Å². The lowest BCUT2D eigenvalue weighted by Gasteiger charge is -2.08. The number of carbonyl (C=O) groups is 2. The maximum atomic E-state index is 10.9. The number of hydrogen-bond donors (Lipinski definition) is 3. The van der Waals surface area contributed by atoms with E-state index in [0.717, 1.165) is 0 Å². The summed E-state index contributed by atoms with van der Waals surface area (Å²) >= 11 is 0. The molecule has 5 nitrogen and oxygen atoms in total. The number of carbonyl (C=O) groups excluding carboxylic acids is 1. The molecule has 16 heavy (non-hydrogen) atoms. The predicted octanol–water partition coefficient (Wildman–Crippen LogP) is 0.878. The Labute approximate surface area is 92.7 Å². The van der Waals surface area contributed by atoms with Gasteiger partial charge in [0.15, 0.2) is 0 Å². The Morgan fingerprint density at radius 2 is 2.06 bits per heavy atom. The number of hydrogen-bond acceptors (Lipinski definition) is 3. The Morgan fingerprint density at radius 1 is 1.38 bits per heavy atom. The number of benzene rings is 1. The molecule has 0 aromatic heterocycles. The Morgan fingerprint density at radius 3 is 2.56 bits per heavy atom. The molecule has 5 heteroatoms. The molecule has 0 atom stereocenters. The largest absolute Gasteiger partial charge is 0.478 e. The zero-order valence-corrected chi connectivity index (χ0v) is 8.86. The number of rotatable bonds is 4. The van der Waals surface area contributed by atoms with Crippen molar-refractivity contribution in [2.75, 3.05) is 11.9 Å². The minimum absolute atomic E-state index is 0.0288. The Balaban J connectivity index is 3.08. The molecule has 0 saturated heterocycles. The second-order valence-electron chi connectivity index (χ2n) is 3.34. The topological polar surface area (TPSA) is 86.6 Å². The molecule has 0 heterocycles. The van der Waals surface area contributed by atoms with Gasteiger partial charge in [0.05, 0.1) is 11.3 Å². The van der Waals surface area contributed by atoms with Crippen molar-refractivity contribution in [1.29, 1.82) is 0 Å². The van der Waals surface area contributed by atoms with Crippen molar-refractivity contribution in [3.05, 3.63) is 29.3 Å². The van der Waals surface area contributed by atoms with Crippen LogP contribution >= 0.6 is 0 Å². The molecule has 1 aromatic rings. The van der Waals surface area contributed by atoms with Crippen LogP contribution in [0.25, 0.3) is 0 Å². The summed E-state index contributed by atoms with van der Waals surface area (Å²) in [6, 6.07) is 4.65. The molecule has 0 spiro atoms. The van der Waals surface area contributed by atoms with Crippen LogP contribution in [-0.4, -0.2) is 28.7 Å². The lowest BCUT2D eigenvalue weighted by molar-refractivity contribution is -0.114. The van der Waals surface area contributed by atoms with Gasteiger partial charge in [-0.1, -0.05) is 6.07 Å². The van der Waals surface area contributed by atoms with Crippen molar-refractivity contribution < 1.29 is 19.8 Å². The summed E-state index contributed by atoms with van der Waals surface area (Å²) in [5, 5.41) is 20.1. The number of carboxylic acid groups (broad SMARTS) is 1. The molecule has 0 unspecified atom stereocenters. The average Bonchev–Trinajstić information content (AvgIpc) is 2.19. The van der Waals surface area contributed by atoms with Crippen molar-refractivity contribution in [2.45, 2.75) is 13.3 Å². The van der Waals surface area contributed by atoms with Crippen LogP contribution in [0.4, 0.5) is 5.69 Å². The fourth-order valence-corrected chi connectivity index (χ4v) is 1.35. The number of aliphatic hydroxyl groups is 1. The average molecular weight is 223 g/mol. The number of amides is 1. The molecule has 1 aromatic carbocycles. The van der Waals surface area contributed by atoms with Crippen LogP contribution in [0.1, 0.15) is 22.8 Å². The van der Waals surface area contributed by atoms with Crippen molar-refractivity contribution in [3.63, 3.8) is 0 Å². The van der Waals surface area contributed by atoms with E-state index in [9.17, 15) is 9.59 Å². The second-order valence-corrected chi connectivity index (χ2v) is 3.34. The van der Waals surface area contributed by atoms with Gasteiger partial charge in [-0.3, -0.25) is 4.79 Å². The summed E-state index contributed by atoms with van der Waals surface area (Å²) < 4.78 is 0. The van der Waals surface area contributed by atoms with Crippen molar-refractivity contribution >= 4 is 17.6 Å². The summed E-state index contributed by atoms with van der Waals surface area (Å²) in [6.07, 6.45) is 0.390. The lowest BCUT2D eigenvalue weighted by Crippen LogP contribution is -2.11. The molecule has 1 rings (SSSR count). The quantitative estimate of drug-likeness (QED) is 0.707. The Hall–Kier alpha value is -1.88. The number of anilines is 1. The third-order valence-electron chi connectivity index (χ3n) is 2.03. The fourth-order valence-electron chi connectivity index (χ4n) is 1.35. The molecule has 0 saturated carbocycles. The highest BCUT2D eigenvalue weighted by Gasteiger charge is 2.11. The highest BCUT2D eigenvalue weighted by Crippen LogP contribution is 2.18. The molecule has 86 valence electrons. The van der Waals surface area contributed by atoms with Crippen LogP contribution in [-0.2, 0) is 11.2 Å². The van der Waals surface area contributed by atoms with Crippen LogP contribution in [0.15, 0.2) is 18.2 Å². The van der Waals surface area contributed by atoms with E-state index in [2.05, 4.69) is 5.32 Å². The second kappa shape index (κ2) is 5.27. The van der Waals surface area contributed by atoms with E-state index >= 15 is 0 Å². The van der Waals surface area contributed by atoms with Crippen LogP contribution in [0.5, 0.6) is 0 Å². The van der Waals surface area contributed by atoms with Crippen molar-refractivity contribution in [3.8, 4) is 0 Å². The highest BCUT2D eigenvalue weighted by molar-refractivity contribution is 6.00. The first-order valence-electron chi connectivity index (χ1n) is 4.79. The maximum absolute atomic E-state index is 10.9. The molecular formula is C11H13NO4. The third-order valence-corrected chi connectivity index (χ3v) is 2.03. The first-order chi connectivity index (χ1) is 7.54. The van der Waals surface area contributed by atoms with Gasteiger partial charge < -0.3 is 15.5 Å². The molecular weight excluding hydrogens is 210 g/mol. The van der Waals surface area contributed by atoms with Gasteiger partial charge in [-0.05, 0) is 24.1 Å². The minimum Gasteiger partial charge on any atom is -0.478 e. The molecule has 0 aliphatic carbocycles. The Kier molecular flexibility index (Phi) is 4.02. The fraction of sp³-hybridized carbons (Fsp3) is 0.273. The zero-order valence-electron chi connectivity index (χ0n) is 8.86. The van der Waals surface area contributed by atoms with Gasteiger partial charge in [-0.25, -0.2) is 4.79 Å². The zero-order chi connectivity index (χ0) is 12.1. The van der Waals surface area contributed by atoms with E-state index in [-0.39, 0.29) is 23.8 Å². The minimum atomic E-state index is -1.11. The molecule has 0 bridgehead atoms. The van der Waals surface area contributed by atoms with Crippen molar-refractivity contribution in [2.24, 2.45) is 0 Å². The monoisotopic (exact) mass is 223 g/mol. The van der Waals surface area contributed by atoms with Crippen LogP contribution in [0.2, 0.25) is 0 Å². The van der Waals surface area contributed by atoms with Crippen LogP contribution < -0.4 is 5.32 Å². The normalized spacial score (nSPS) is 9.88. The lowest BCUT2D eigenvalue weighted by atomic mass is 10.1. The van der Waals surface area contributed by atoms with Gasteiger partial charge in [0, 0.05) is 13.5 Å². The van der Waals surface area contributed by atoms with E-state index in [0.29, 0.717) is 12.0 Å².